The number of hydrogen-bond donors (Lipinski definition) is 1. The fourth-order valence-electron chi connectivity index (χ4n) is 4.24. The molecule has 3 heterocycles. The second kappa shape index (κ2) is 6.32. The van der Waals surface area contributed by atoms with E-state index >= 15 is 0 Å². The zero-order valence-electron chi connectivity index (χ0n) is 15.1. The molecule has 27 heavy (non-hydrogen) atoms. The van der Waals surface area contributed by atoms with E-state index in [4.69, 9.17) is 11.6 Å². The van der Waals surface area contributed by atoms with Gasteiger partial charge in [-0.15, -0.1) is 0 Å². The highest BCUT2D eigenvalue weighted by Crippen LogP contribution is 2.38. The minimum atomic E-state index is 0.0973. The number of anilines is 2. The molecule has 2 aliphatic heterocycles. The number of rotatable bonds is 4. The lowest BCUT2D eigenvalue weighted by atomic mass is 9.91. The number of nitrogens with one attached hydrogen (secondary N) is 1. The van der Waals surface area contributed by atoms with Crippen LogP contribution >= 0.6 is 11.6 Å². The molecule has 5 rings (SSSR count). The van der Waals surface area contributed by atoms with Gasteiger partial charge in [0, 0.05) is 58.3 Å². The molecule has 3 unspecified atom stereocenters. The van der Waals surface area contributed by atoms with Gasteiger partial charge in [-0.05, 0) is 37.1 Å². The molecule has 1 N–H and O–H groups in total. The summed E-state index contributed by atoms with van der Waals surface area (Å²) in [6.07, 6.45) is 2.72. The summed E-state index contributed by atoms with van der Waals surface area (Å²) in [5, 5.41) is 5.98. The molecule has 1 aromatic heterocycles. The fraction of sp³-hybridized carbons (Fsp3) is 0.273. The lowest BCUT2D eigenvalue weighted by molar-refractivity contribution is 0.0922. The van der Waals surface area contributed by atoms with E-state index in [1.54, 1.807) is 6.20 Å². The Morgan fingerprint density at radius 3 is 2.85 bits per heavy atom. The second-order valence-electron chi connectivity index (χ2n) is 7.56. The molecule has 0 saturated carbocycles. The maximum absolute atomic E-state index is 13.2. The van der Waals surface area contributed by atoms with E-state index in [1.807, 2.05) is 36.4 Å². The van der Waals surface area contributed by atoms with Crippen LogP contribution in [0.15, 0.2) is 48.7 Å². The molecule has 0 bridgehead atoms. The molecule has 3 aromatic rings. The van der Waals surface area contributed by atoms with Gasteiger partial charge in [0.05, 0.1) is 0 Å². The number of halogens is 1. The van der Waals surface area contributed by atoms with Gasteiger partial charge in [0.2, 0.25) is 0 Å². The predicted octanol–water partition coefficient (Wildman–Crippen LogP) is 4.83. The van der Waals surface area contributed by atoms with Crippen molar-refractivity contribution in [2.24, 2.45) is 5.92 Å². The number of carbonyl (C=O) groups excluding carboxylic acids is 1. The van der Waals surface area contributed by atoms with E-state index in [2.05, 4.69) is 28.2 Å². The number of fused-ring (bicyclic) bond motifs is 2. The Kier molecular flexibility index (Phi) is 3.92. The van der Waals surface area contributed by atoms with Crippen LogP contribution in [0.1, 0.15) is 22.3 Å². The van der Waals surface area contributed by atoms with Crippen molar-refractivity contribution in [1.82, 2.24) is 9.88 Å². The summed E-state index contributed by atoms with van der Waals surface area (Å²) >= 11 is 6.10. The third-order valence-corrected chi connectivity index (χ3v) is 5.92. The quantitative estimate of drug-likeness (QED) is 0.522. The third-order valence-electron chi connectivity index (χ3n) is 5.68. The number of aryl methyl sites for hydroxylation is 1. The van der Waals surface area contributed by atoms with E-state index in [-0.39, 0.29) is 11.7 Å². The third kappa shape index (κ3) is 2.99. The van der Waals surface area contributed by atoms with E-state index in [0.717, 1.165) is 52.9 Å². The van der Waals surface area contributed by atoms with E-state index in [1.165, 1.54) is 0 Å². The number of hydrogen-bond acceptors (Lipinski definition) is 4. The first-order valence-corrected chi connectivity index (χ1v) is 9.67. The SMILES string of the molecule is Cc1cccc2c(Nc3cccc(Cl)c3)ncc(C(=O)C3CC4CN4C3)c12. The van der Waals surface area contributed by atoms with E-state index in [9.17, 15) is 4.79 Å². The number of Topliss-reactive ketones (excluding diaryl/α,β-unsaturated/α-hetero) is 1. The molecule has 4 nitrogen and oxygen atoms in total. The van der Waals surface area contributed by atoms with Crippen LogP contribution in [0.2, 0.25) is 5.02 Å². The molecule has 0 amide bonds. The molecule has 2 aliphatic rings. The zero-order valence-corrected chi connectivity index (χ0v) is 15.8. The first-order valence-electron chi connectivity index (χ1n) is 9.29. The van der Waals surface area contributed by atoms with Crippen LogP contribution < -0.4 is 5.32 Å². The topological polar surface area (TPSA) is 45.0 Å². The minimum absolute atomic E-state index is 0.0973. The molecule has 136 valence electrons. The number of pyridine rings is 1. The smallest absolute Gasteiger partial charge is 0.169 e. The largest absolute Gasteiger partial charge is 0.340 e. The maximum atomic E-state index is 13.2. The Labute approximate surface area is 163 Å². The van der Waals surface area contributed by atoms with Gasteiger partial charge in [-0.3, -0.25) is 9.69 Å². The number of benzene rings is 2. The number of ketones is 1. The van der Waals surface area contributed by atoms with Crippen LogP contribution in [0, 0.1) is 12.8 Å². The highest BCUT2D eigenvalue weighted by molar-refractivity contribution is 6.30. The molecule has 0 spiro atoms. The van der Waals surface area contributed by atoms with Crippen LogP contribution in [0.5, 0.6) is 0 Å². The number of piperidine rings is 1. The average molecular weight is 378 g/mol. The average Bonchev–Trinajstić information content (AvgIpc) is 3.27. The zero-order chi connectivity index (χ0) is 18.5. The van der Waals surface area contributed by atoms with Gasteiger partial charge in [-0.1, -0.05) is 35.9 Å². The Morgan fingerprint density at radius 1 is 1.22 bits per heavy atom. The summed E-state index contributed by atoms with van der Waals surface area (Å²) in [4.78, 5) is 20.2. The lowest BCUT2D eigenvalue weighted by Gasteiger charge is -2.16. The lowest BCUT2D eigenvalue weighted by Crippen LogP contribution is -2.20. The molecule has 5 heteroatoms. The normalized spacial score (nSPS) is 23.3. The van der Waals surface area contributed by atoms with Crippen molar-refractivity contribution in [2.75, 3.05) is 18.4 Å². The Hall–Kier alpha value is -2.43. The first kappa shape index (κ1) is 16.7. The van der Waals surface area contributed by atoms with Gasteiger partial charge in [0.1, 0.15) is 5.82 Å². The molecular weight excluding hydrogens is 358 g/mol. The highest BCUT2D eigenvalue weighted by atomic mass is 35.5. The molecule has 0 radical (unpaired) electrons. The predicted molar refractivity (Wildman–Crippen MR) is 109 cm³/mol. The second-order valence-corrected chi connectivity index (χ2v) is 7.99. The van der Waals surface area contributed by atoms with Crippen LogP contribution in [0.4, 0.5) is 11.5 Å². The molecule has 2 aromatic carbocycles. The van der Waals surface area contributed by atoms with Gasteiger partial charge < -0.3 is 5.32 Å². The molecule has 3 atom stereocenters. The standard InChI is InChI=1S/C22H20ClN3O/c1-13-4-2-7-18-20(13)19(21(27)14-8-17-12-26(17)11-14)10-24-22(18)25-16-6-3-5-15(23)9-16/h2-7,9-10,14,17H,8,11-12H2,1H3,(H,24,25). The Morgan fingerprint density at radius 2 is 2.07 bits per heavy atom. The van der Waals surface area contributed by atoms with Crippen molar-refractivity contribution in [3.05, 3.63) is 64.8 Å². The Bertz CT molecular complexity index is 1050. The molecule has 2 fully saturated rings. The van der Waals surface area contributed by atoms with Gasteiger partial charge in [-0.2, -0.15) is 0 Å². The van der Waals surface area contributed by atoms with Gasteiger partial charge in [0.15, 0.2) is 5.78 Å². The molecular formula is C22H20ClN3O. The van der Waals surface area contributed by atoms with Crippen LogP contribution in [0.3, 0.4) is 0 Å². The van der Waals surface area contributed by atoms with E-state index in [0.29, 0.717) is 11.1 Å². The highest BCUT2D eigenvalue weighted by Gasteiger charge is 2.46. The van der Waals surface area contributed by atoms with Gasteiger partial charge >= 0.3 is 0 Å². The summed E-state index contributed by atoms with van der Waals surface area (Å²) in [7, 11) is 0. The summed E-state index contributed by atoms with van der Waals surface area (Å²) in [5.41, 5.74) is 2.71. The van der Waals surface area contributed by atoms with E-state index < -0.39 is 0 Å². The molecule has 0 aliphatic carbocycles. The van der Waals surface area contributed by atoms with Crippen LogP contribution in [0.25, 0.3) is 10.8 Å². The van der Waals surface area contributed by atoms with Crippen molar-refractivity contribution in [2.45, 2.75) is 19.4 Å². The van der Waals surface area contributed by atoms with Crippen molar-refractivity contribution in [1.29, 1.82) is 0 Å². The summed E-state index contributed by atoms with van der Waals surface area (Å²) < 4.78 is 0. The maximum Gasteiger partial charge on any atom is 0.169 e. The minimum Gasteiger partial charge on any atom is -0.340 e. The summed E-state index contributed by atoms with van der Waals surface area (Å²) in [6.45, 7) is 4.10. The fourth-order valence-corrected chi connectivity index (χ4v) is 4.43. The van der Waals surface area contributed by atoms with Crippen molar-refractivity contribution in [3.63, 3.8) is 0 Å². The Balaban J connectivity index is 1.57. The number of nitrogens with zero attached hydrogens (tertiary/aromatic N) is 2. The number of carbonyl (C=O) groups is 1. The number of aromatic nitrogens is 1. The van der Waals surface area contributed by atoms with Crippen molar-refractivity contribution >= 4 is 39.7 Å². The van der Waals surface area contributed by atoms with Crippen molar-refractivity contribution < 1.29 is 4.79 Å². The summed E-state index contributed by atoms with van der Waals surface area (Å²) in [6, 6.07) is 14.3. The van der Waals surface area contributed by atoms with Crippen LogP contribution in [-0.4, -0.2) is 34.8 Å². The first-order chi connectivity index (χ1) is 13.1. The van der Waals surface area contributed by atoms with Gasteiger partial charge in [0.25, 0.3) is 0 Å². The summed E-state index contributed by atoms with van der Waals surface area (Å²) in [5.74, 6) is 1.06. The molecule has 2 saturated heterocycles. The monoisotopic (exact) mass is 377 g/mol. The van der Waals surface area contributed by atoms with Crippen molar-refractivity contribution in [3.8, 4) is 0 Å². The van der Waals surface area contributed by atoms with Gasteiger partial charge in [-0.25, -0.2) is 4.98 Å². The van der Waals surface area contributed by atoms with Crippen LogP contribution in [-0.2, 0) is 0 Å².